The van der Waals surface area contributed by atoms with E-state index in [1.165, 1.54) is 6.92 Å². The molecular formula is C33H35N3O9. The number of ether oxygens (including phenoxy) is 5. The summed E-state index contributed by atoms with van der Waals surface area (Å²) in [5.74, 6) is -0.975. The number of rotatable bonds is 12. The van der Waals surface area contributed by atoms with Crippen LogP contribution in [0.2, 0.25) is 0 Å². The van der Waals surface area contributed by atoms with Gasteiger partial charge in [0.1, 0.15) is 24.8 Å². The van der Waals surface area contributed by atoms with Crippen molar-refractivity contribution < 1.29 is 42.9 Å². The minimum atomic E-state index is -1.13. The van der Waals surface area contributed by atoms with Gasteiger partial charge in [-0.25, -0.2) is 9.59 Å². The zero-order valence-electron chi connectivity index (χ0n) is 24.9. The third-order valence-electron chi connectivity index (χ3n) is 6.77. The summed E-state index contributed by atoms with van der Waals surface area (Å²) >= 11 is 0. The Morgan fingerprint density at radius 3 is 2.27 bits per heavy atom. The van der Waals surface area contributed by atoms with Crippen LogP contribution in [0.1, 0.15) is 37.8 Å². The Hall–Kier alpha value is -5.39. The van der Waals surface area contributed by atoms with Gasteiger partial charge in [0.2, 0.25) is 12.2 Å². The first-order valence-electron chi connectivity index (χ1n) is 14.4. The topological polar surface area (TPSA) is 162 Å². The predicted octanol–water partition coefficient (Wildman–Crippen LogP) is 4.94. The van der Waals surface area contributed by atoms with Crippen molar-refractivity contribution in [2.75, 3.05) is 13.2 Å². The van der Waals surface area contributed by atoms with Crippen molar-refractivity contribution in [1.29, 1.82) is 5.41 Å². The summed E-state index contributed by atoms with van der Waals surface area (Å²) < 4.78 is 25.5. The van der Waals surface area contributed by atoms with Crippen LogP contribution >= 0.6 is 0 Å². The van der Waals surface area contributed by atoms with Crippen LogP contribution < -0.4 is 15.4 Å². The van der Waals surface area contributed by atoms with Crippen LogP contribution in [-0.2, 0) is 35.1 Å². The first kappa shape index (κ1) is 32.5. The highest BCUT2D eigenvalue weighted by Gasteiger charge is 2.34. The number of amides is 2. The van der Waals surface area contributed by atoms with E-state index in [2.05, 4.69) is 15.4 Å². The van der Waals surface area contributed by atoms with Gasteiger partial charge >= 0.3 is 18.2 Å². The Labute approximate surface area is 260 Å². The zero-order valence-corrected chi connectivity index (χ0v) is 24.9. The molecule has 12 nitrogen and oxygen atoms in total. The fourth-order valence-electron chi connectivity index (χ4n) is 4.56. The van der Waals surface area contributed by atoms with Crippen LogP contribution in [0.15, 0.2) is 78.9 Å². The molecule has 3 aromatic rings. The van der Waals surface area contributed by atoms with E-state index in [9.17, 15) is 19.2 Å². The average Bonchev–Trinajstić information content (AvgIpc) is 3.38. The van der Waals surface area contributed by atoms with Crippen molar-refractivity contribution in [1.82, 2.24) is 10.6 Å². The quantitative estimate of drug-likeness (QED) is 0.0840. The molecule has 3 aromatic carbocycles. The number of benzene rings is 3. The number of carbonyl (C=O) groups is 4. The molecule has 1 fully saturated rings. The molecular weight excluding hydrogens is 582 g/mol. The molecule has 1 aliphatic rings. The Morgan fingerprint density at radius 2 is 1.60 bits per heavy atom. The molecule has 0 aliphatic carbocycles. The lowest BCUT2D eigenvalue weighted by atomic mass is 10.0. The highest BCUT2D eigenvalue weighted by molar-refractivity contribution is 6.04. The zero-order chi connectivity index (χ0) is 32.2. The van der Waals surface area contributed by atoms with Crippen molar-refractivity contribution in [2.45, 2.75) is 45.6 Å². The van der Waals surface area contributed by atoms with Crippen molar-refractivity contribution in [3.05, 3.63) is 90.0 Å². The van der Waals surface area contributed by atoms with Gasteiger partial charge in [-0.2, -0.15) is 0 Å². The van der Waals surface area contributed by atoms with Gasteiger partial charge in [-0.15, -0.1) is 0 Å². The third-order valence-corrected chi connectivity index (χ3v) is 6.77. The summed E-state index contributed by atoms with van der Waals surface area (Å²) in [6, 6.07) is 23.6. The maximum absolute atomic E-state index is 12.4. The number of amidine groups is 1. The molecule has 12 heteroatoms. The van der Waals surface area contributed by atoms with E-state index in [0.29, 0.717) is 17.7 Å². The fraction of sp³-hybridized carbons (Fsp3) is 0.303. The number of carbonyl (C=O) groups excluding carboxylic acids is 4. The Morgan fingerprint density at radius 1 is 0.933 bits per heavy atom. The lowest BCUT2D eigenvalue weighted by Crippen LogP contribution is -2.31. The van der Waals surface area contributed by atoms with Crippen LogP contribution in [0.5, 0.6) is 5.75 Å². The van der Waals surface area contributed by atoms with Gasteiger partial charge in [0.05, 0.1) is 25.0 Å². The lowest BCUT2D eigenvalue weighted by molar-refractivity contribution is -0.169. The van der Waals surface area contributed by atoms with Crippen molar-refractivity contribution in [3.8, 4) is 16.9 Å². The van der Waals surface area contributed by atoms with E-state index in [0.717, 1.165) is 16.7 Å². The van der Waals surface area contributed by atoms with Gasteiger partial charge < -0.3 is 29.0 Å². The predicted molar refractivity (Wildman–Crippen MR) is 162 cm³/mol. The van der Waals surface area contributed by atoms with E-state index in [-0.39, 0.29) is 44.0 Å². The second-order valence-electron chi connectivity index (χ2n) is 10.2. The first-order valence-corrected chi connectivity index (χ1v) is 14.4. The largest absolute Gasteiger partial charge is 0.511 e. The van der Waals surface area contributed by atoms with Crippen molar-refractivity contribution in [3.63, 3.8) is 0 Å². The Bertz CT molecular complexity index is 1480. The molecule has 1 aliphatic heterocycles. The molecule has 0 bridgehead atoms. The normalized spacial score (nSPS) is 16.1. The number of nitrogens with one attached hydrogen (secondary N) is 3. The van der Waals surface area contributed by atoms with Gasteiger partial charge in [-0.1, -0.05) is 66.7 Å². The number of hydrogen-bond donors (Lipinski definition) is 3. The second-order valence-corrected chi connectivity index (χ2v) is 10.2. The van der Waals surface area contributed by atoms with Crippen LogP contribution in [0, 0.1) is 11.3 Å². The maximum Gasteiger partial charge on any atom is 0.511 e. The van der Waals surface area contributed by atoms with Gasteiger partial charge in [0, 0.05) is 12.5 Å². The monoisotopic (exact) mass is 617 g/mol. The smallest absolute Gasteiger partial charge is 0.491 e. The second kappa shape index (κ2) is 15.9. The highest BCUT2D eigenvalue weighted by atomic mass is 16.8. The molecule has 0 saturated carbocycles. The van der Waals surface area contributed by atoms with Gasteiger partial charge in [0.25, 0.3) is 0 Å². The molecule has 45 heavy (non-hydrogen) atoms. The highest BCUT2D eigenvalue weighted by Crippen LogP contribution is 2.25. The number of esters is 1. The molecule has 1 heterocycles. The van der Waals surface area contributed by atoms with Crippen LogP contribution in [0.4, 0.5) is 9.59 Å². The van der Waals surface area contributed by atoms with Crippen molar-refractivity contribution >= 4 is 30.0 Å². The summed E-state index contributed by atoms with van der Waals surface area (Å²) in [6.07, 6.45) is -2.54. The van der Waals surface area contributed by atoms with E-state index in [4.69, 9.17) is 24.4 Å². The molecule has 0 radical (unpaired) electrons. The average molecular weight is 618 g/mol. The fourth-order valence-corrected chi connectivity index (χ4v) is 4.56. The molecule has 4 rings (SSSR count). The SMILES string of the molecule is CCOC(=O)OC(C)OC(=O)C[C@@H]1C[C@@H](COc2ccc(-c3ccc(C(=N)NC(=O)OCc4ccccc4)cc3)cc2)NC1=O. The molecule has 0 spiro atoms. The summed E-state index contributed by atoms with van der Waals surface area (Å²) in [4.78, 5) is 48.0. The number of alkyl carbamates (subject to hydrolysis) is 1. The minimum Gasteiger partial charge on any atom is -0.491 e. The molecule has 2 amide bonds. The Balaban J connectivity index is 1.19. The lowest BCUT2D eigenvalue weighted by Gasteiger charge is -2.14. The molecule has 1 unspecified atom stereocenters. The summed E-state index contributed by atoms with van der Waals surface area (Å²) in [5, 5.41) is 13.5. The van der Waals surface area contributed by atoms with E-state index >= 15 is 0 Å². The number of hydrogen-bond acceptors (Lipinski definition) is 10. The van der Waals surface area contributed by atoms with Gasteiger partial charge in [-0.3, -0.25) is 20.3 Å². The standard InChI is InChI=1S/C33H35N3O9/c1-3-41-33(40)45-21(2)44-29(37)18-26-17-27(35-31(26)38)20-42-28-15-13-24(14-16-28)23-9-11-25(12-10-23)30(34)36-32(39)43-19-22-7-5-4-6-8-22/h4-16,21,26-27H,3,17-20H2,1-2H3,(H,35,38)(H2,34,36,39)/t21?,26-,27-/m0/s1. The summed E-state index contributed by atoms with van der Waals surface area (Å²) in [5.41, 5.74) is 3.21. The van der Waals surface area contributed by atoms with Crippen LogP contribution in [0.25, 0.3) is 11.1 Å². The molecule has 3 atom stereocenters. The first-order chi connectivity index (χ1) is 21.7. The maximum atomic E-state index is 12.4. The summed E-state index contributed by atoms with van der Waals surface area (Å²) in [7, 11) is 0. The van der Waals surface area contributed by atoms with E-state index < -0.39 is 30.4 Å². The van der Waals surface area contributed by atoms with E-state index in [1.54, 1.807) is 19.1 Å². The van der Waals surface area contributed by atoms with Gasteiger partial charge in [-0.05, 0) is 42.2 Å². The molecule has 1 saturated heterocycles. The van der Waals surface area contributed by atoms with Gasteiger partial charge in [0.15, 0.2) is 0 Å². The Kier molecular flexibility index (Phi) is 11.5. The third kappa shape index (κ3) is 10.1. The van der Waals surface area contributed by atoms with E-state index in [1.807, 2.05) is 66.7 Å². The minimum absolute atomic E-state index is 0.0703. The molecule has 0 aromatic heterocycles. The summed E-state index contributed by atoms with van der Waals surface area (Å²) in [6.45, 7) is 3.47. The molecule has 3 N–H and O–H groups in total. The molecule has 236 valence electrons. The van der Waals surface area contributed by atoms with Crippen LogP contribution in [0.3, 0.4) is 0 Å². The van der Waals surface area contributed by atoms with Crippen molar-refractivity contribution in [2.24, 2.45) is 5.92 Å². The van der Waals surface area contributed by atoms with Crippen LogP contribution in [-0.4, -0.2) is 55.5 Å².